The lowest BCUT2D eigenvalue weighted by atomic mass is 10.2. The van der Waals surface area contributed by atoms with Crippen LogP contribution in [0.3, 0.4) is 0 Å². The van der Waals surface area contributed by atoms with Gasteiger partial charge in [-0.3, -0.25) is 4.79 Å². The first-order valence-corrected chi connectivity index (χ1v) is 6.04. The zero-order chi connectivity index (χ0) is 13.7. The quantitative estimate of drug-likeness (QED) is 0.892. The van der Waals surface area contributed by atoms with Gasteiger partial charge in [0.1, 0.15) is 11.5 Å². The molecule has 0 atom stereocenters. The van der Waals surface area contributed by atoms with Crippen LogP contribution in [-0.4, -0.2) is 24.7 Å². The molecular weight excluding hydrogens is 244 g/mol. The van der Waals surface area contributed by atoms with Crippen LogP contribution in [0, 0.1) is 6.92 Å². The Morgan fingerprint density at radius 1 is 1.42 bits per heavy atom. The molecule has 1 aromatic carbocycles. The van der Waals surface area contributed by atoms with Crippen LogP contribution in [0.4, 0.5) is 0 Å². The van der Waals surface area contributed by atoms with E-state index in [1.165, 1.54) is 0 Å². The van der Waals surface area contributed by atoms with Gasteiger partial charge in [-0.2, -0.15) is 0 Å². The van der Waals surface area contributed by atoms with Crippen molar-refractivity contribution in [2.45, 2.75) is 13.3 Å². The Labute approximate surface area is 111 Å². The molecule has 0 spiro atoms. The summed E-state index contributed by atoms with van der Waals surface area (Å²) in [6.07, 6.45) is 0.613. The minimum atomic E-state index is -0.159. The van der Waals surface area contributed by atoms with Crippen molar-refractivity contribution in [3.05, 3.63) is 47.3 Å². The number of hydrogen-bond acceptors (Lipinski definition) is 4. The average molecular weight is 260 g/mol. The van der Waals surface area contributed by atoms with E-state index in [1.807, 2.05) is 19.1 Å². The number of methoxy groups -OCH3 is 1. The molecule has 1 amide bonds. The Bertz CT molecular complexity index is 563. The van der Waals surface area contributed by atoms with E-state index in [1.54, 1.807) is 25.3 Å². The number of carbonyl (C=O) groups is 1. The highest BCUT2D eigenvalue weighted by Gasteiger charge is 2.11. The molecule has 0 aliphatic heterocycles. The van der Waals surface area contributed by atoms with E-state index < -0.39 is 0 Å². The summed E-state index contributed by atoms with van der Waals surface area (Å²) < 4.78 is 10.2. The number of amides is 1. The fourth-order valence-corrected chi connectivity index (χ4v) is 1.76. The summed E-state index contributed by atoms with van der Waals surface area (Å²) in [6, 6.07) is 8.97. The molecule has 0 fully saturated rings. The van der Waals surface area contributed by atoms with Gasteiger partial charge in [0, 0.05) is 19.0 Å². The number of ether oxygens (including phenoxy) is 1. The average Bonchev–Trinajstić information content (AvgIpc) is 2.84. The molecule has 0 aliphatic rings. The number of carbonyl (C=O) groups excluding carboxylic acids is 1. The van der Waals surface area contributed by atoms with Crippen molar-refractivity contribution in [1.29, 1.82) is 0 Å². The van der Waals surface area contributed by atoms with E-state index in [4.69, 9.17) is 9.26 Å². The van der Waals surface area contributed by atoms with Crippen LogP contribution in [0.1, 0.15) is 21.8 Å². The number of rotatable bonds is 5. The Hall–Kier alpha value is -2.30. The van der Waals surface area contributed by atoms with E-state index in [9.17, 15) is 4.79 Å². The molecule has 2 aromatic rings. The molecule has 2 rings (SSSR count). The van der Waals surface area contributed by atoms with Crippen molar-refractivity contribution in [3.63, 3.8) is 0 Å². The van der Waals surface area contributed by atoms with Gasteiger partial charge in [0.15, 0.2) is 0 Å². The highest BCUT2D eigenvalue weighted by molar-refractivity contribution is 5.96. The van der Waals surface area contributed by atoms with Crippen LogP contribution in [-0.2, 0) is 6.42 Å². The molecule has 1 N–H and O–H groups in total. The molecule has 100 valence electrons. The lowest BCUT2D eigenvalue weighted by Crippen LogP contribution is -2.26. The second-order valence-corrected chi connectivity index (χ2v) is 4.14. The van der Waals surface area contributed by atoms with Gasteiger partial charge in [0.2, 0.25) is 0 Å². The summed E-state index contributed by atoms with van der Waals surface area (Å²) in [5, 5.41) is 6.62. The van der Waals surface area contributed by atoms with E-state index >= 15 is 0 Å². The third kappa shape index (κ3) is 3.34. The molecule has 1 aromatic heterocycles. The molecule has 0 radical (unpaired) electrons. The van der Waals surface area contributed by atoms with E-state index in [0.29, 0.717) is 24.3 Å². The van der Waals surface area contributed by atoms with Crippen molar-refractivity contribution >= 4 is 5.91 Å². The molecule has 1 heterocycles. The summed E-state index contributed by atoms with van der Waals surface area (Å²) in [6.45, 7) is 2.35. The van der Waals surface area contributed by atoms with Crippen molar-refractivity contribution in [2.75, 3.05) is 13.7 Å². The lowest BCUT2D eigenvalue weighted by molar-refractivity contribution is 0.0950. The summed E-state index contributed by atoms with van der Waals surface area (Å²) in [4.78, 5) is 12.0. The van der Waals surface area contributed by atoms with Gasteiger partial charge in [0.25, 0.3) is 5.91 Å². The Morgan fingerprint density at radius 2 is 2.21 bits per heavy atom. The number of nitrogens with one attached hydrogen (secondary N) is 1. The Morgan fingerprint density at radius 3 is 2.89 bits per heavy atom. The maximum absolute atomic E-state index is 12.0. The van der Waals surface area contributed by atoms with Gasteiger partial charge >= 0.3 is 0 Å². The predicted molar refractivity (Wildman–Crippen MR) is 70.3 cm³/mol. The van der Waals surface area contributed by atoms with Gasteiger partial charge in [-0.15, -0.1) is 0 Å². The van der Waals surface area contributed by atoms with Crippen LogP contribution >= 0.6 is 0 Å². The minimum Gasteiger partial charge on any atom is -0.496 e. The Balaban J connectivity index is 1.90. The number of aromatic nitrogens is 1. The maximum Gasteiger partial charge on any atom is 0.255 e. The first-order valence-electron chi connectivity index (χ1n) is 6.04. The summed E-state index contributed by atoms with van der Waals surface area (Å²) in [7, 11) is 1.55. The topological polar surface area (TPSA) is 64.4 Å². The Kier molecular flexibility index (Phi) is 4.18. The predicted octanol–water partition coefficient (Wildman–Crippen LogP) is 1.96. The van der Waals surface area contributed by atoms with Gasteiger partial charge in [-0.1, -0.05) is 17.3 Å². The summed E-state index contributed by atoms with van der Waals surface area (Å²) in [5.74, 6) is 1.17. The van der Waals surface area contributed by atoms with Crippen LogP contribution in [0.25, 0.3) is 0 Å². The van der Waals surface area contributed by atoms with E-state index in [-0.39, 0.29) is 5.91 Å². The highest BCUT2D eigenvalue weighted by Crippen LogP contribution is 2.16. The number of benzene rings is 1. The van der Waals surface area contributed by atoms with Crippen LogP contribution < -0.4 is 10.1 Å². The zero-order valence-electron chi connectivity index (χ0n) is 11.0. The SMILES string of the molecule is COc1ccccc1C(=O)NCCc1cc(C)no1. The van der Waals surface area contributed by atoms with Crippen molar-refractivity contribution in [3.8, 4) is 5.75 Å². The van der Waals surface area contributed by atoms with Gasteiger partial charge in [0.05, 0.1) is 18.4 Å². The third-order valence-electron chi connectivity index (χ3n) is 2.69. The second kappa shape index (κ2) is 6.04. The van der Waals surface area contributed by atoms with Gasteiger partial charge in [-0.05, 0) is 19.1 Å². The number of para-hydroxylation sites is 1. The highest BCUT2D eigenvalue weighted by atomic mass is 16.5. The molecule has 0 unspecified atom stereocenters. The normalized spacial score (nSPS) is 10.2. The monoisotopic (exact) mass is 260 g/mol. The standard InChI is InChI=1S/C14H16N2O3/c1-10-9-11(19-16-10)7-8-15-14(17)12-5-3-4-6-13(12)18-2/h3-6,9H,7-8H2,1-2H3,(H,15,17). The van der Waals surface area contributed by atoms with Crippen molar-refractivity contribution in [1.82, 2.24) is 10.5 Å². The summed E-state index contributed by atoms with van der Waals surface area (Å²) in [5.41, 5.74) is 1.37. The number of aryl methyl sites for hydroxylation is 1. The van der Waals surface area contributed by atoms with E-state index in [2.05, 4.69) is 10.5 Å². The maximum atomic E-state index is 12.0. The minimum absolute atomic E-state index is 0.159. The fraction of sp³-hybridized carbons (Fsp3) is 0.286. The number of nitrogens with zero attached hydrogens (tertiary/aromatic N) is 1. The van der Waals surface area contributed by atoms with Crippen molar-refractivity contribution in [2.24, 2.45) is 0 Å². The third-order valence-corrected chi connectivity index (χ3v) is 2.69. The molecular formula is C14H16N2O3. The van der Waals surface area contributed by atoms with Crippen molar-refractivity contribution < 1.29 is 14.1 Å². The molecule has 0 saturated carbocycles. The van der Waals surface area contributed by atoms with Crippen LogP contribution in [0.15, 0.2) is 34.9 Å². The molecule has 0 aliphatic carbocycles. The van der Waals surface area contributed by atoms with Crippen LogP contribution in [0.5, 0.6) is 5.75 Å². The molecule has 0 saturated heterocycles. The molecule has 5 heteroatoms. The fourth-order valence-electron chi connectivity index (χ4n) is 1.76. The largest absolute Gasteiger partial charge is 0.496 e. The number of hydrogen-bond donors (Lipinski definition) is 1. The lowest BCUT2D eigenvalue weighted by Gasteiger charge is -2.08. The van der Waals surface area contributed by atoms with Gasteiger partial charge < -0.3 is 14.6 Å². The first-order chi connectivity index (χ1) is 9.20. The molecule has 5 nitrogen and oxygen atoms in total. The van der Waals surface area contributed by atoms with Gasteiger partial charge in [-0.25, -0.2) is 0 Å². The van der Waals surface area contributed by atoms with E-state index in [0.717, 1.165) is 11.5 Å². The zero-order valence-corrected chi connectivity index (χ0v) is 11.0. The smallest absolute Gasteiger partial charge is 0.255 e. The molecule has 0 bridgehead atoms. The first kappa shape index (κ1) is 13.1. The van der Waals surface area contributed by atoms with Crippen LogP contribution in [0.2, 0.25) is 0 Å². The second-order valence-electron chi connectivity index (χ2n) is 4.14. The molecule has 19 heavy (non-hydrogen) atoms. The summed E-state index contributed by atoms with van der Waals surface area (Å²) >= 11 is 0.